The standard InChI is InChI=1S/C17H27N5O3/c1-17(2,3)25-16(24)21-8-5-11(6-9-21)22-13-4-7-19-10-12(13)14(20-22)15(18)23/h11,19H,4-10H2,1-3H3,(H2,18,23). The molecule has 0 spiro atoms. The van der Waals surface area contributed by atoms with Gasteiger partial charge in [-0.05, 0) is 33.6 Å². The SMILES string of the molecule is CC(C)(C)OC(=O)N1CCC(n2nc(C(N)=O)c3c2CCNC3)CC1. The van der Waals surface area contributed by atoms with Gasteiger partial charge in [-0.3, -0.25) is 9.48 Å². The van der Waals surface area contributed by atoms with Gasteiger partial charge in [0.1, 0.15) is 5.60 Å². The minimum atomic E-state index is -0.488. The van der Waals surface area contributed by atoms with Crippen LogP contribution in [0.5, 0.6) is 0 Å². The molecule has 8 nitrogen and oxygen atoms in total. The maximum absolute atomic E-state index is 12.2. The molecule has 2 aliphatic heterocycles. The molecule has 1 fully saturated rings. The number of nitrogens with two attached hydrogens (primary N) is 1. The molecule has 1 aromatic heterocycles. The van der Waals surface area contributed by atoms with Crippen molar-refractivity contribution in [2.75, 3.05) is 19.6 Å². The van der Waals surface area contributed by atoms with Crippen LogP contribution in [0.4, 0.5) is 4.79 Å². The lowest BCUT2D eigenvalue weighted by Crippen LogP contribution is -2.42. The van der Waals surface area contributed by atoms with E-state index in [-0.39, 0.29) is 12.1 Å². The third-order valence-corrected chi connectivity index (χ3v) is 4.65. The first-order chi connectivity index (χ1) is 11.8. The highest BCUT2D eigenvalue weighted by atomic mass is 16.6. The van der Waals surface area contributed by atoms with E-state index < -0.39 is 11.5 Å². The van der Waals surface area contributed by atoms with Crippen molar-refractivity contribution in [3.8, 4) is 0 Å². The minimum absolute atomic E-state index is 0.179. The van der Waals surface area contributed by atoms with E-state index in [1.807, 2.05) is 25.5 Å². The summed E-state index contributed by atoms with van der Waals surface area (Å²) in [5.41, 5.74) is 7.40. The number of carbonyl (C=O) groups is 2. The lowest BCUT2D eigenvalue weighted by molar-refractivity contribution is 0.0184. The molecule has 2 amide bonds. The molecule has 0 saturated carbocycles. The molecule has 0 aliphatic carbocycles. The Hall–Kier alpha value is -2.09. The Morgan fingerprint density at radius 1 is 1.28 bits per heavy atom. The van der Waals surface area contributed by atoms with E-state index in [1.165, 1.54) is 0 Å². The number of aromatic nitrogens is 2. The monoisotopic (exact) mass is 349 g/mol. The van der Waals surface area contributed by atoms with Crippen molar-refractivity contribution < 1.29 is 14.3 Å². The van der Waals surface area contributed by atoms with E-state index in [2.05, 4.69) is 10.4 Å². The van der Waals surface area contributed by atoms with Gasteiger partial charge >= 0.3 is 6.09 Å². The molecule has 25 heavy (non-hydrogen) atoms. The molecule has 0 aromatic carbocycles. The van der Waals surface area contributed by atoms with Crippen LogP contribution in [-0.2, 0) is 17.7 Å². The topological polar surface area (TPSA) is 102 Å². The van der Waals surface area contributed by atoms with Gasteiger partial charge in [0.25, 0.3) is 5.91 Å². The summed E-state index contributed by atoms with van der Waals surface area (Å²) in [6.45, 7) is 8.35. The van der Waals surface area contributed by atoms with E-state index in [9.17, 15) is 9.59 Å². The van der Waals surface area contributed by atoms with Gasteiger partial charge in [0.05, 0.1) is 6.04 Å². The zero-order valence-corrected chi connectivity index (χ0v) is 15.2. The highest BCUT2D eigenvalue weighted by Gasteiger charge is 2.31. The van der Waals surface area contributed by atoms with E-state index >= 15 is 0 Å². The maximum Gasteiger partial charge on any atom is 0.410 e. The second-order valence-corrected chi connectivity index (χ2v) is 7.71. The molecule has 0 bridgehead atoms. The zero-order valence-electron chi connectivity index (χ0n) is 15.2. The van der Waals surface area contributed by atoms with Crippen LogP contribution in [-0.4, -0.2) is 51.9 Å². The van der Waals surface area contributed by atoms with Gasteiger partial charge in [-0.1, -0.05) is 0 Å². The van der Waals surface area contributed by atoms with Gasteiger partial charge in [0.2, 0.25) is 0 Å². The third-order valence-electron chi connectivity index (χ3n) is 4.65. The quantitative estimate of drug-likeness (QED) is 0.835. The summed E-state index contributed by atoms with van der Waals surface area (Å²) in [7, 11) is 0. The Labute approximate surface area is 147 Å². The molecular formula is C17H27N5O3. The molecule has 0 radical (unpaired) electrons. The fourth-order valence-corrected chi connectivity index (χ4v) is 3.49. The number of nitrogens with one attached hydrogen (secondary N) is 1. The van der Waals surface area contributed by atoms with Gasteiger partial charge in [-0.25, -0.2) is 4.79 Å². The molecule has 1 aromatic rings. The first-order valence-electron chi connectivity index (χ1n) is 8.85. The van der Waals surface area contributed by atoms with Gasteiger partial charge in [-0.15, -0.1) is 0 Å². The van der Waals surface area contributed by atoms with Crippen LogP contribution in [0, 0.1) is 0 Å². The number of nitrogens with zero attached hydrogens (tertiary/aromatic N) is 3. The summed E-state index contributed by atoms with van der Waals surface area (Å²) in [5, 5.41) is 7.78. The second-order valence-electron chi connectivity index (χ2n) is 7.71. The van der Waals surface area contributed by atoms with Gasteiger partial charge in [0.15, 0.2) is 5.69 Å². The van der Waals surface area contributed by atoms with E-state index in [0.29, 0.717) is 25.3 Å². The van der Waals surface area contributed by atoms with Gasteiger partial charge in [-0.2, -0.15) is 5.10 Å². The summed E-state index contributed by atoms with van der Waals surface area (Å²) in [6, 6.07) is 0.179. The number of ether oxygens (including phenoxy) is 1. The highest BCUT2D eigenvalue weighted by molar-refractivity contribution is 5.92. The Kier molecular flexibility index (Phi) is 4.73. The second kappa shape index (κ2) is 6.67. The number of fused-ring (bicyclic) bond motifs is 1. The average molecular weight is 349 g/mol. The highest BCUT2D eigenvalue weighted by Crippen LogP contribution is 2.28. The van der Waals surface area contributed by atoms with Crippen molar-refractivity contribution in [3.05, 3.63) is 17.0 Å². The van der Waals surface area contributed by atoms with Crippen molar-refractivity contribution in [2.45, 2.75) is 58.2 Å². The van der Waals surface area contributed by atoms with Crippen LogP contribution in [0.25, 0.3) is 0 Å². The number of hydrogen-bond acceptors (Lipinski definition) is 5. The third kappa shape index (κ3) is 3.78. The minimum Gasteiger partial charge on any atom is -0.444 e. The predicted octanol–water partition coefficient (Wildman–Crippen LogP) is 1.20. The first-order valence-corrected chi connectivity index (χ1v) is 8.85. The molecule has 138 valence electrons. The van der Waals surface area contributed by atoms with Crippen molar-refractivity contribution in [3.63, 3.8) is 0 Å². The number of amides is 2. The van der Waals surface area contributed by atoms with E-state index in [1.54, 1.807) is 4.90 Å². The number of hydrogen-bond donors (Lipinski definition) is 2. The van der Waals surface area contributed by atoms with Crippen LogP contribution >= 0.6 is 0 Å². The number of carbonyl (C=O) groups excluding carboxylic acids is 2. The number of rotatable bonds is 2. The molecule has 3 rings (SSSR count). The number of primary amides is 1. The number of likely N-dealkylation sites (tertiary alicyclic amines) is 1. The molecule has 3 N–H and O–H groups in total. The van der Waals surface area contributed by atoms with Crippen molar-refractivity contribution in [2.24, 2.45) is 5.73 Å². The van der Waals surface area contributed by atoms with E-state index in [0.717, 1.165) is 37.1 Å². The zero-order chi connectivity index (χ0) is 18.2. The lowest BCUT2D eigenvalue weighted by Gasteiger charge is -2.34. The largest absolute Gasteiger partial charge is 0.444 e. The van der Waals surface area contributed by atoms with Gasteiger partial charge < -0.3 is 20.7 Å². The van der Waals surface area contributed by atoms with Crippen molar-refractivity contribution in [1.82, 2.24) is 20.0 Å². The van der Waals surface area contributed by atoms with Crippen LogP contribution < -0.4 is 11.1 Å². The van der Waals surface area contributed by atoms with Crippen LogP contribution in [0.3, 0.4) is 0 Å². The molecule has 0 atom stereocenters. The Morgan fingerprint density at radius 3 is 2.56 bits per heavy atom. The molecule has 8 heteroatoms. The summed E-state index contributed by atoms with van der Waals surface area (Å²) < 4.78 is 7.41. The van der Waals surface area contributed by atoms with Crippen molar-refractivity contribution >= 4 is 12.0 Å². The predicted molar refractivity (Wildman–Crippen MR) is 92.2 cm³/mol. The molecule has 0 unspecified atom stereocenters. The maximum atomic E-state index is 12.2. The summed E-state index contributed by atoms with van der Waals surface area (Å²) in [6.07, 6.45) is 2.15. The Bertz CT molecular complexity index is 669. The summed E-state index contributed by atoms with van der Waals surface area (Å²) >= 11 is 0. The molecular weight excluding hydrogens is 322 g/mol. The Morgan fingerprint density at radius 2 is 1.96 bits per heavy atom. The fourth-order valence-electron chi connectivity index (χ4n) is 3.49. The first kappa shape index (κ1) is 17.7. The smallest absolute Gasteiger partial charge is 0.410 e. The van der Waals surface area contributed by atoms with E-state index in [4.69, 9.17) is 10.5 Å². The van der Waals surface area contributed by atoms with Crippen LogP contribution in [0.1, 0.15) is 61.4 Å². The molecule has 3 heterocycles. The normalized spacial score (nSPS) is 18.8. The fraction of sp³-hybridized carbons (Fsp3) is 0.706. The summed E-state index contributed by atoms with van der Waals surface area (Å²) in [4.78, 5) is 25.6. The van der Waals surface area contributed by atoms with Crippen LogP contribution in [0.2, 0.25) is 0 Å². The van der Waals surface area contributed by atoms with Gasteiger partial charge in [0, 0.05) is 43.9 Å². The molecule has 2 aliphatic rings. The Balaban J connectivity index is 1.71. The average Bonchev–Trinajstić information content (AvgIpc) is 2.93. The summed E-state index contributed by atoms with van der Waals surface area (Å²) in [5.74, 6) is -0.482. The number of piperidine rings is 1. The lowest BCUT2D eigenvalue weighted by atomic mass is 10.0. The van der Waals surface area contributed by atoms with Crippen molar-refractivity contribution in [1.29, 1.82) is 0 Å². The van der Waals surface area contributed by atoms with Crippen LogP contribution in [0.15, 0.2) is 0 Å². The molecule has 1 saturated heterocycles.